The van der Waals surface area contributed by atoms with E-state index >= 15 is 0 Å². The third-order valence-electron chi connectivity index (χ3n) is 3.08. The van der Waals surface area contributed by atoms with Crippen LogP contribution in [-0.2, 0) is 11.3 Å². The summed E-state index contributed by atoms with van der Waals surface area (Å²) in [5, 5.41) is 0. The molecular weight excluding hydrogens is 266 g/mol. The zero-order valence-corrected chi connectivity index (χ0v) is 13.6. The van der Waals surface area contributed by atoms with Crippen LogP contribution >= 0.6 is 12.6 Å². The van der Waals surface area contributed by atoms with Gasteiger partial charge in [-0.3, -0.25) is 4.90 Å². The summed E-state index contributed by atoms with van der Waals surface area (Å²) in [5.41, 5.74) is 1.31. The van der Waals surface area contributed by atoms with E-state index < -0.39 is 0 Å². The Balaban J connectivity index is 2.53. The van der Waals surface area contributed by atoms with Gasteiger partial charge in [-0.15, -0.1) is 12.6 Å². The molecule has 1 aromatic rings. The normalized spacial score (nSPS) is 12.3. The highest BCUT2D eigenvalue weighted by atomic mass is 32.1. The summed E-state index contributed by atoms with van der Waals surface area (Å²) in [6, 6.07) is 8.34. The van der Waals surface area contributed by atoms with Gasteiger partial charge in [0.1, 0.15) is 5.76 Å². The minimum Gasteiger partial charge on any atom is -0.497 e. The largest absolute Gasteiger partial charge is 0.497 e. The van der Waals surface area contributed by atoms with Crippen LogP contribution in [0.1, 0.15) is 25.8 Å². The quantitative estimate of drug-likeness (QED) is 0.436. The van der Waals surface area contributed by atoms with E-state index in [1.807, 2.05) is 18.2 Å². The van der Waals surface area contributed by atoms with Crippen molar-refractivity contribution in [3.05, 3.63) is 53.8 Å². The summed E-state index contributed by atoms with van der Waals surface area (Å²) >= 11 is 4.31. The van der Waals surface area contributed by atoms with E-state index in [1.165, 1.54) is 5.56 Å². The Morgan fingerprint density at radius 2 is 1.95 bits per heavy atom. The molecular formula is C17H25NOS. The fourth-order valence-corrected chi connectivity index (χ4v) is 2.05. The molecule has 2 nitrogen and oxygen atoms in total. The lowest BCUT2D eigenvalue weighted by molar-refractivity contribution is 0.300. The molecule has 0 bridgehead atoms. The summed E-state index contributed by atoms with van der Waals surface area (Å²) in [5.74, 6) is 0.933. The molecule has 0 aliphatic heterocycles. The van der Waals surface area contributed by atoms with Gasteiger partial charge >= 0.3 is 0 Å². The standard InChI is InChI=1S/C17H25NOS/c1-4-7-16(19-3)8-6-13-18(5-2)14-15-9-11-17(20)12-10-15/h6-12,20H,4-5,13-14H2,1-3H3/b8-6-,16-7+. The highest BCUT2D eigenvalue weighted by Gasteiger charge is 2.01. The summed E-state index contributed by atoms with van der Waals surface area (Å²) in [6.45, 7) is 7.18. The second-order valence-corrected chi connectivity index (χ2v) is 5.13. The fraction of sp³-hybridized carbons (Fsp3) is 0.412. The smallest absolute Gasteiger partial charge is 0.114 e. The number of thiol groups is 1. The van der Waals surface area contributed by atoms with Crippen LogP contribution in [0.3, 0.4) is 0 Å². The van der Waals surface area contributed by atoms with Crippen LogP contribution in [0.25, 0.3) is 0 Å². The van der Waals surface area contributed by atoms with E-state index in [0.29, 0.717) is 0 Å². The van der Waals surface area contributed by atoms with Crippen molar-refractivity contribution in [2.75, 3.05) is 20.2 Å². The van der Waals surface area contributed by atoms with Crippen LogP contribution in [0.2, 0.25) is 0 Å². The molecule has 0 unspecified atom stereocenters. The number of benzene rings is 1. The lowest BCUT2D eigenvalue weighted by Gasteiger charge is -2.18. The van der Waals surface area contributed by atoms with Gasteiger partial charge in [0.15, 0.2) is 0 Å². The van der Waals surface area contributed by atoms with E-state index in [1.54, 1.807) is 7.11 Å². The maximum atomic E-state index is 5.28. The predicted molar refractivity (Wildman–Crippen MR) is 89.2 cm³/mol. The maximum Gasteiger partial charge on any atom is 0.114 e. The Hall–Kier alpha value is -1.19. The maximum absolute atomic E-state index is 5.28. The number of nitrogens with zero attached hydrogens (tertiary/aromatic N) is 1. The van der Waals surface area contributed by atoms with E-state index in [4.69, 9.17) is 4.74 Å². The van der Waals surface area contributed by atoms with Crippen molar-refractivity contribution < 1.29 is 4.74 Å². The number of ether oxygens (including phenoxy) is 1. The van der Waals surface area contributed by atoms with Gasteiger partial charge in [0, 0.05) is 18.0 Å². The Morgan fingerprint density at radius 3 is 2.50 bits per heavy atom. The van der Waals surface area contributed by atoms with E-state index in [-0.39, 0.29) is 0 Å². The monoisotopic (exact) mass is 291 g/mol. The Labute approximate surface area is 128 Å². The molecule has 0 amide bonds. The third-order valence-corrected chi connectivity index (χ3v) is 3.37. The predicted octanol–water partition coefficient (Wildman–Crippen LogP) is 4.29. The highest BCUT2D eigenvalue weighted by molar-refractivity contribution is 7.80. The second kappa shape index (κ2) is 9.67. The zero-order valence-electron chi connectivity index (χ0n) is 12.7. The van der Waals surface area contributed by atoms with Crippen molar-refractivity contribution in [3.8, 4) is 0 Å². The SMILES string of the molecule is CC/C=C(\C=C/CN(CC)Cc1ccc(S)cc1)OC. The van der Waals surface area contributed by atoms with Crippen molar-refractivity contribution in [2.24, 2.45) is 0 Å². The van der Waals surface area contributed by atoms with E-state index in [2.05, 4.69) is 55.7 Å². The van der Waals surface area contributed by atoms with Crippen molar-refractivity contribution in [1.82, 2.24) is 4.90 Å². The van der Waals surface area contributed by atoms with Gasteiger partial charge in [-0.1, -0.05) is 32.1 Å². The van der Waals surface area contributed by atoms with Gasteiger partial charge in [-0.05, 0) is 42.8 Å². The summed E-state index contributed by atoms with van der Waals surface area (Å²) < 4.78 is 5.28. The Bertz CT molecular complexity index is 437. The molecule has 0 saturated heterocycles. The molecule has 0 saturated carbocycles. The minimum absolute atomic E-state index is 0.920. The molecule has 0 atom stereocenters. The first-order valence-electron chi connectivity index (χ1n) is 7.10. The number of rotatable bonds is 8. The third kappa shape index (κ3) is 6.31. The first kappa shape index (κ1) is 16.9. The Morgan fingerprint density at radius 1 is 1.25 bits per heavy atom. The molecule has 0 aliphatic rings. The number of hydrogen-bond donors (Lipinski definition) is 1. The van der Waals surface area contributed by atoms with E-state index in [9.17, 15) is 0 Å². The first-order chi connectivity index (χ1) is 9.69. The molecule has 0 aliphatic carbocycles. The molecule has 0 aromatic heterocycles. The van der Waals surface area contributed by atoms with Crippen LogP contribution in [0.5, 0.6) is 0 Å². The molecule has 20 heavy (non-hydrogen) atoms. The van der Waals surface area contributed by atoms with Crippen LogP contribution in [0, 0.1) is 0 Å². The molecule has 0 fully saturated rings. The first-order valence-corrected chi connectivity index (χ1v) is 7.55. The van der Waals surface area contributed by atoms with Crippen LogP contribution in [-0.4, -0.2) is 25.1 Å². The van der Waals surface area contributed by atoms with Crippen LogP contribution in [0.4, 0.5) is 0 Å². The van der Waals surface area contributed by atoms with Gasteiger partial charge in [0.25, 0.3) is 0 Å². The van der Waals surface area contributed by atoms with Crippen LogP contribution < -0.4 is 0 Å². The molecule has 0 heterocycles. The zero-order chi connectivity index (χ0) is 14.8. The fourth-order valence-electron chi connectivity index (χ4n) is 1.90. The molecule has 0 N–H and O–H groups in total. The van der Waals surface area contributed by atoms with Gasteiger partial charge in [-0.25, -0.2) is 0 Å². The lowest BCUT2D eigenvalue weighted by atomic mass is 10.2. The van der Waals surface area contributed by atoms with Crippen molar-refractivity contribution in [1.29, 1.82) is 0 Å². The molecule has 3 heteroatoms. The molecule has 0 radical (unpaired) electrons. The highest BCUT2D eigenvalue weighted by Crippen LogP contribution is 2.10. The molecule has 1 rings (SSSR count). The summed E-state index contributed by atoms with van der Waals surface area (Å²) in [6.07, 6.45) is 7.27. The van der Waals surface area contributed by atoms with Gasteiger partial charge in [0.05, 0.1) is 7.11 Å². The van der Waals surface area contributed by atoms with Crippen molar-refractivity contribution >= 4 is 12.6 Å². The number of hydrogen-bond acceptors (Lipinski definition) is 3. The number of methoxy groups -OCH3 is 1. The second-order valence-electron chi connectivity index (χ2n) is 4.62. The average molecular weight is 291 g/mol. The average Bonchev–Trinajstić information content (AvgIpc) is 2.47. The molecule has 110 valence electrons. The van der Waals surface area contributed by atoms with Crippen molar-refractivity contribution in [3.63, 3.8) is 0 Å². The van der Waals surface area contributed by atoms with E-state index in [0.717, 1.165) is 36.7 Å². The van der Waals surface area contributed by atoms with Crippen molar-refractivity contribution in [2.45, 2.75) is 31.7 Å². The van der Waals surface area contributed by atoms with Crippen LogP contribution in [0.15, 0.2) is 53.1 Å². The van der Waals surface area contributed by atoms with Gasteiger partial charge in [-0.2, -0.15) is 0 Å². The molecule has 1 aromatic carbocycles. The number of allylic oxidation sites excluding steroid dienone is 2. The molecule has 0 spiro atoms. The minimum atomic E-state index is 0.920. The summed E-state index contributed by atoms with van der Waals surface area (Å²) in [4.78, 5) is 3.38. The van der Waals surface area contributed by atoms with Gasteiger partial charge < -0.3 is 4.74 Å². The van der Waals surface area contributed by atoms with Gasteiger partial charge in [0.2, 0.25) is 0 Å². The topological polar surface area (TPSA) is 12.5 Å². The number of likely N-dealkylation sites (N-methyl/N-ethyl adjacent to an activating group) is 1. The lowest BCUT2D eigenvalue weighted by Crippen LogP contribution is -2.22. The summed E-state index contributed by atoms with van der Waals surface area (Å²) in [7, 11) is 1.71. The Kier molecular flexibility index (Phi) is 8.16.